The zero-order chi connectivity index (χ0) is 9.14. The van der Waals surface area contributed by atoms with Crippen LogP contribution in [0.2, 0.25) is 0 Å². The molecule has 0 aliphatic heterocycles. The Morgan fingerprint density at radius 1 is 1.42 bits per heavy atom. The molecular weight excluding hydrogens is 212 g/mol. The van der Waals surface area contributed by atoms with Gasteiger partial charge in [-0.05, 0) is 29.5 Å². The van der Waals surface area contributed by atoms with Crippen molar-refractivity contribution in [1.82, 2.24) is 0 Å². The van der Waals surface area contributed by atoms with Gasteiger partial charge >= 0.3 is 0 Å². The normalized spacial score (nSPS) is 9.92. The van der Waals surface area contributed by atoms with Crippen LogP contribution in [-0.4, -0.2) is 0 Å². The SMILES string of the molecule is C=C(Br)Cc1ccc(C)cc1C. The molecule has 0 heterocycles. The molecule has 0 aromatic heterocycles. The van der Waals surface area contributed by atoms with Crippen LogP contribution in [-0.2, 0) is 6.42 Å². The van der Waals surface area contributed by atoms with Crippen molar-refractivity contribution in [2.24, 2.45) is 0 Å². The first-order valence-electron chi connectivity index (χ1n) is 3.99. The Kier molecular flexibility index (Phi) is 3.10. The monoisotopic (exact) mass is 224 g/mol. The van der Waals surface area contributed by atoms with Crippen LogP contribution in [0.15, 0.2) is 29.3 Å². The van der Waals surface area contributed by atoms with E-state index in [1.165, 1.54) is 16.7 Å². The highest BCUT2D eigenvalue weighted by atomic mass is 79.9. The maximum atomic E-state index is 3.83. The number of halogens is 1. The van der Waals surface area contributed by atoms with Crippen molar-refractivity contribution in [2.75, 3.05) is 0 Å². The van der Waals surface area contributed by atoms with Crippen molar-refractivity contribution in [2.45, 2.75) is 20.3 Å². The summed E-state index contributed by atoms with van der Waals surface area (Å²) < 4.78 is 1.04. The number of hydrogen-bond acceptors (Lipinski definition) is 0. The van der Waals surface area contributed by atoms with Crippen LogP contribution >= 0.6 is 15.9 Å². The molecule has 0 aliphatic carbocycles. The molecule has 0 radical (unpaired) electrons. The third kappa shape index (κ3) is 2.49. The molecule has 0 amide bonds. The highest BCUT2D eigenvalue weighted by Gasteiger charge is 1.98. The van der Waals surface area contributed by atoms with E-state index in [0.717, 1.165) is 10.9 Å². The smallest absolute Gasteiger partial charge is 0.00373 e. The van der Waals surface area contributed by atoms with Crippen molar-refractivity contribution in [3.63, 3.8) is 0 Å². The third-order valence-corrected chi connectivity index (χ3v) is 2.16. The zero-order valence-electron chi connectivity index (χ0n) is 7.52. The van der Waals surface area contributed by atoms with Gasteiger partial charge in [0, 0.05) is 6.42 Å². The van der Waals surface area contributed by atoms with Gasteiger partial charge in [-0.15, -0.1) is 0 Å². The predicted octanol–water partition coefficient (Wildman–Crippen LogP) is 3.75. The van der Waals surface area contributed by atoms with Crippen LogP contribution in [0.25, 0.3) is 0 Å². The van der Waals surface area contributed by atoms with E-state index in [1.807, 2.05) is 0 Å². The molecule has 1 heteroatoms. The van der Waals surface area contributed by atoms with E-state index in [0.29, 0.717) is 0 Å². The van der Waals surface area contributed by atoms with Crippen LogP contribution in [0.4, 0.5) is 0 Å². The second kappa shape index (κ2) is 3.90. The molecule has 12 heavy (non-hydrogen) atoms. The summed E-state index contributed by atoms with van der Waals surface area (Å²) in [5.74, 6) is 0. The Labute approximate surface area is 82.4 Å². The number of allylic oxidation sites excluding steroid dienone is 1. The Bertz CT molecular complexity index is 300. The molecule has 0 N–H and O–H groups in total. The lowest BCUT2D eigenvalue weighted by molar-refractivity contribution is 1.19. The minimum absolute atomic E-state index is 0.923. The lowest BCUT2D eigenvalue weighted by Crippen LogP contribution is -1.89. The van der Waals surface area contributed by atoms with Gasteiger partial charge in [-0.1, -0.05) is 46.3 Å². The molecule has 1 rings (SSSR count). The summed E-state index contributed by atoms with van der Waals surface area (Å²) in [4.78, 5) is 0. The topological polar surface area (TPSA) is 0 Å². The predicted molar refractivity (Wildman–Crippen MR) is 57.7 cm³/mol. The van der Waals surface area contributed by atoms with E-state index in [1.54, 1.807) is 0 Å². The van der Waals surface area contributed by atoms with Gasteiger partial charge in [0.1, 0.15) is 0 Å². The molecule has 0 bridgehead atoms. The average Bonchev–Trinajstić information content (AvgIpc) is 1.94. The van der Waals surface area contributed by atoms with E-state index in [4.69, 9.17) is 0 Å². The van der Waals surface area contributed by atoms with Crippen LogP contribution in [0, 0.1) is 13.8 Å². The van der Waals surface area contributed by atoms with Gasteiger partial charge in [0.2, 0.25) is 0 Å². The van der Waals surface area contributed by atoms with E-state index >= 15 is 0 Å². The van der Waals surface area contributed by atoms with Gasteiger partial charge in [-0.25, -0.2) is 0 Å². The van der Waals surface area contributed by atoms with E-state index < -0.39 is 0 Å². The molecule has 0 saturated heterocycles. The van der Waals surface area contributed by atoms with Crippen LogP contribution in [0.1, 0.15) is 16.7 Å². The van der Waals surface area contributed by atoms with Crippen LogP contribution < -0.4 is 0 Å². The summed E-state index contributed by atoms with van der Waals surface area (Å²) in [6.07, 6.45) is 0.923. The lowest BCUT2D eigenvalue weighted by atomic mass is 10.0. The highest BCUT2D eigenvalue weighted by Crippen LogP contribution is 2.16. The Balaban J connectivity index is 2.93. The quantitative estimate of drug-likeness (QED) is 0.718. The summed E-state index contributed by atoms with van der Waals surface area (Å²) in [5.41, 5.74) is 4.01. The first-order valence-corrected chi connectivity index (χ1v) is 4.78. The Hall–Kier alpha value is -0.560. The van der Waals surface area contributed by atoms with Crippen molar-refractivity contribution in [3.05, 3.63) is 46.0 Å². The van der Waals surface area contributed by atoms with Gasteiger partial charge in [-0.3, -0.25) is 0 Å². The summed E-state index contributed by atoms with van der Waals surface area (Å²) >= 11 is 3.37. The number of hydrogen-bond donors (Lipinski definition) is 0. The minimum atomic E-state index is 0.923. The van der Waals surface area contributed by atoms with E-state index in [2.05, 4.69) is 54.6 Å². The van der Waals surface area contributed by atoms with E-state index in [-0.39, 0.29) is 0 Å². The number of rotatable bonds is 2. The Morgan fingerprint density at radius 3 is 2.58 bits per heavy atom. The molecule has 1 aromatic carbocycles. The third-order valence-electron chi connectivity index (χ3n) is 1.88. The van der Waals surface area contributed by atoms with Crippen LogP contribution in [0.5, 0.6) is 0 Å². The fourth-order valence-corrected chi connectivity index (χ4v) is 1.55. The van der Waals surface area contributed by atoms with Crippen molar-refractivity contribution < 1.29 is 0 Å². The highest BCUT2D eigenvalue weighted by molar-refractivity contribution is 9.11. The number of aryl methyl sites for hydroxylation is 2. The first-order chi connectivity index (χ1) is 5.59. The molecule has 0 aliphatic rings. The number of benzene rings is 1. The first kappa shape index (κ1) is 9.53. The van der Waals surface area contributed by atoms with E-state index in [9.17, 15) is 0 Å². The maximum absolute atomic E-state index is 3.83. The van der Waals surface area contributed by atoms with Gasteiger partial charge in [0.25, 0.3) is 0 Å². The standard InChI is InChI=1S/C11H13Br/c1-8-4-5-11(7-10(3)12)9(2)6-8/h4-6H,3,7H2,1-2H3. The lowest BCUT2D eigenvalue weighted by Gasteiger charge is -2.04. The van der Waals surface area contributed by atoms with Gasteiger partial charge in [-0.2, -0.15) is 0 Å². The Morgan fingerprint density at radius 2 is 2.08 bits per heavy atom. The molecular formula is C11H13Br. The fraction of sp³-hybridized carbons (Fsp3) is 0.273. The summed E-state index contributed by atoms with van der Waals surface area (Å²) in [6, 6.07) is 6.50. The summed E-state index contributed by atoms with van der Waals surface area (Å²) in [7, 11) is 0. The second-order valence-electron chi connectivity index (χ2n) is 3.12. The minimum Gasteiger partial charge on any atom is -0.0885 e. The van der Waals surface area contributed by atoms with Gasteiger partial charge in [0.15, 0.2) is 0 Å². The molecule has 0 fully saturated rings. The fourth-order valence-electron chi connectivity index (χ4n) is 1.25. The second-order valence-corrected chi connectivity index (χ2v) is 4.25. The zero-order valence-corrected chi connectivity index (χ0v) is 9.11. The van der Waals surface area contributed by atoms with Crippen molar-refractivity contribution in [3.8, 4) is 0 Å². The molecule has 0 unspecified atom stereocenters. The van der Waals surface area contributed by atoms with Gasteiger partial charge < -0.3 is 0 Å². The molecule has 0 atom stereocenters. The summed E-state index contributed by atoms with van der Waals surface area (Å²) in [6.45, 7) is 8.08. The molecule has 0 nitrogen and oxygen atoms in total. The van der Waals surface area contributed by atoms with Crippen LogP contribution in [0.3, 0.4) is 0 Å². The molecule has 0 saturated carbocycles. The molecule has 0 spiro atoms. The van der Waals surface area contributed by atoms with Crippen molar-refractivity contribution >= 4 is 15.9 Å². The average molecular weight is 225 g/mol. The molecule has 64 valence electrons. The largest absolute Gasteiger partial charge is 0.0885 e. The summed E-state index contributed by atoms with van der Waals surface area (Å²) in [5, 5.41) is 0. The van der Waals surface area contributed by atoms with Gasteiger partial charge in [0.05, 0.1) is 0 Å². The molecule has 1 aromatic rings. The van der Waals surface area contributed by atoms with Crippen molar-refractivity contribution in [1.29, 1.82) is 0 Å². The maximum Gasteiger partial charge on any atom is 0.00373 e.